The summed E-state index contributed by atoms with van der Waals surface area (Å²) in [6.45, 7) is 5.84. The monoisotopic (exact) mass is 321 g/mol. The van der Waals surface area contributed by atoms with Crippen molar-refractivity contribution in [1.82, 2.24) is 5.43 Å². The molecule has 0 aliphatic rings. The van der Waals surface area contributed by atoms with Crippen LogP contribution in [0.3, 0.4) is 0 Å². The molecular formula is C19H19N3O2. The number of hydrazone groups is 1. The lowest BCUT2D eigenvalue weighted by molar-refractivity contribution is -0.123. The summed E-state index contributed by atoms with van der Waals surface area (Å²) in [5, 5.41) is 12.9. The maximum Gasteiger partial charge on any atom is 0.277 e. The van der Waals surface area contributed by atoms with Crippen LogP contribution < -0.4 is 10.2 Å². The van der Waals surface area contributed by atoms with Crippen LogP contribution in [0.25, 0.3) is 0 Å². The summed E-state index contributed by atoms with van der Waals surface area (Å²) in [4.78, 5) is 11.8. The van der Waals surface area contributed by atoms with Gasteiger partial charge >= 0.3 is 0 Å². The van der Waals surface area contributed by atoms with Gasteiger partial charge in [0.2, 0.25) is 0 Å². The molecule has 2 aromatic carbocycles. The smallest absolute Gasteiger partial charge is 0.277 e. The second kappa shape index (κ2) is 7.93. The van der Waals surface area contributed by atoms with Gasteiger partial charge in [-0.25, -0.2) is 5.43 Å². The van der Waals surface area contributed by atoms with Crippen molar-refractivity contribution in [3.63, 3.8) is 0 Å². The van der Waals surface area contributed by atoms with Crippen LogP contribution >= 0.6 is 0 Å². The van der Waals surface area contributed by atoms with Gasteiger partial charge in [-0.15, -0.1) is 0 Å². The van der Waals surface area contributed by atoms with E-state index in [-0.39, 0.29) is 12.5 Å². The fourth-order valence-corrected chi connectivity index (χ4v) is 2.42. The van der Waals surface area contributed by atoms with Crippen molar-refractivity contribution in [2.75, 3.05) is 6.61 Å². The Kier molecular flexibility index (Phi) is 5.69. The summed E-state index contributed by atoms with van der Waals surface area (Å²) in [7, 11) is 0. The number of para-hydroxylation sites is 1. The lowest BCUT2D eigenvalue weighted by atomic mass is 10.0. The van der Waals surface area contributed by atoms with Crippen LogP contribution in [-0.4, -0.2) is 18.7 Å². The van der Waals surface area contributed by atoms with Gasteiger partial charge in [-0.2, -0.15) is 10.4 Å². The molecule has 122 valence electrons. The molecule has 0 bridgehead atoms. The van der Waals surface area contributed by atoms with E-state index < -0.39 is 0 Å². The van der Waals surface area contributed by atoms with E-state index >= 15 is 0 Å². The van der Waals surface area contributed by atoms with Crippen LogP contribution in [0, 0.1) is 32.1 Å². The highest BCUT2D eigenvalue weighted by molar-refractivity contribution is 5.85. The van der Waals surface area contributed by atoms with Crippen LogP contribution in [0.5, 0.6) is 5.75 Å². The van der Waals surface area contributed by atoms with Crippen molar-refractivity contribution in [1.29, 1.82) is 5.26 Å². The van der Waals surface area contributed by atoms with Crippen LogP contribution in [0.2, 0.25) is 0 Å². The Morgan fingerprint density at radius 3 is 2.58 bits per heavy atom. The number of rotatable bonds is 5. The molecule has 0 radical (unpaired) electrons. The maximum absolute atomic E-state index is 11.8. The molecule has 0 heterocycles. The van der Waals surface area contributed by atoms with E-state index in [1.807, 2.05) is 26.8 Å². The fraction of sp³-hybridized carbons (Fsp3) is 0.211. The minimum absolute atomic E-state index is 0.206. The van der Waals surface area contributed by atoms with E-state index in [0.29, 0.717) is 11.3 Å². The summed E-state index contributed by atoms with van der Waals surface area (Å²) in [5.74, 6) is -0.00855. The third-order valence-corrected chi connectivity index (χ3v) is 3.49. The molecule has 2 rings (SSSR count). The minimum atomic E-state index is -0.388. The second-order valence-electron chi connectivity index (χ2n) is 5.50. The summed E-state index contributed by atoms with van der Waals surface area (Å²) >= 11 is 0. The van der Waals surface area contributed by atoms with E-state index in [4.69, 9.17) is 10.00 Å². The highest BCUT2D eigenvalue weighted by atomic mass is 16.5. The summed E-state index contributed by atoms with van der Waals surface area (Å²) in [6.07, 6.45) is 1.63. The molecule has 2 aromatic rings. The topological polar surface area (TPSA) is 74.5 Å². The van der Waals surface area contributed by atoms with E-state index in [1.54, 1.807) is 30.5 Å². The Bertz CT molecular complexity index is 797. The standard InChI is InChI=1S/C19H19N3O2/c1-13-8-14(2)17(15(3)9-13)11-21-22-19(23)12-24-18-7-5-4-6-16(18)10-20/h4-9,11H,12H2,1-3H3,(H,22,23)/b21-11+. The van der Waals surface area contributed by atoms with Crippen molar-refractivity contribution in [2.45, 2.75) is 20.8 Å². The SMILES string of the molecule is Cc1cc(C)c(/C=N/NC(=O)COc2ccccc2C#N)c(C)c1. The number of hydrogen-bond acceptors (Lipinski definition) is 4. The number of carbonyl (C=O) groups is 1. The number of benzene rings is 2. The number of nitrogens with one attached hydrogen (secondary N) is 1. The van der Waals surface area contributed by atoms with Gasteiger partial charge in [-0.1, -0.05) is 29.8 Å². The average Bonchev–Trinajstić information content (AvgIpc) is 2.55. The van der Waals surface area contributed by atoms with Crippen molar-refractivity contribution < 1.29 is 9.53 Å². The summed E-state index contributed by atoms with van der Waals surface area (Å²) in [5.41, 5.74) is 7.20. The first-order chi connectivity index (χ1) is 11.5. The minimum Gasteiger partial charge on any atom is -0.482 e. The molecule has 5 nitrogen and oxygen atoms in total. The van der Waals surface area contributed by atoms with Gasteiger partial charge in [0.15, 0.2) is 6.61 Å². The highest BCUT2D eigenvalue weighted by Crippen LogP contribution is 2.16. The van der Waals surface area contributed by atoms with Gasteiger partial charge in [0.05, 0.1) is 11.8 Å². The molecule has 24 heavy (non-hydrogen) atoms. The Hall–Kier alpha value is -3.13. The first kappa shape index (κ1) is 17.2. The zero-order chi connectivity index (χ0) is 17.5. The lowest BCUT2D eigenvalue weighted by Crippen LogP contribution is -2.24. The predicted molar refractivity (Wildman–Crippen MR) is 93.0 cm³/mol. The largest absolute Gasteiger partial charge is 0.482 e. The number of hydrogen-bond donors (Lipinski definition) is 1. The molecule has 0 saturated carbocycles. The molecule has 0 atom stereocenters. The van der Waals surface area contributed by atoms with Gasteiger partial charge in [-0.05, 0) is 44.0 Å². The fourth-order valence-electron chi connectivity index (χ4n) is 2.42. The zero-order valence-corrected chi connectivity index (χ0v) is 14.0. The number of aryl methyl sites for hydroxylation is 3. The van der Waals surface area contributed by atoms with Crippen molar-refractivity contribution in [2.24, 2.45) is 5.10 Å². The third kappa shape index (κ3) is 4.43. The molecular weight excluding hydrogens is 302 g/mol. The number of amides is 1. The predicted octanol–water partition coefficient (Wildman–Crippen LogP) is 3.01. The first-order valence-electron chi connectivity index (χ1n) is 7.53. The highest BCUT2D eigenvalue weighted by Gasteiger charge is 2.06. The van der Waals surface area contributed by atoms with Gasteiger partial charge in [0.1, 0.15) is 11.8 Å². The molecule has 0 spiro atoms. The number of carbonyl (C=O) groups excluding carboxylic acids is 1. The third-order valence-electron chi connectivity index (χ3n) is 3.49. The maximum atomic E-state index is 11.8. The molecule has 1 amide bonds. The number of nitriles is 1. The molecule has 0 aromatic heterocycles. The van der Waals surface area contributed by atoms with E-state index in [0.717, 1.165) is 16.7 Å². The first-order valence-corrected chi connectivity index (χ1v) is 7.53. The summed E-state index contributed by atoms with van der Waals surface area (Å²) < 4.78 is 5.35. The quantitative estimate of drug-likeness (QED) is 0.679. The van der Waals surface area contributed by atoms with Crippen molar-refractivity contribution >= 4 is 12.1 Å². The van der Waals surface area contributed by atoms with Crippen LogP contribution in [0.15, 0.2) is 41.5 Å². The second-order valence-corrected chi connectivity index (χ2v) is 5.50. The van der Waals surface area contributed by atoms with Crippen molar-refractivity contribution in [3.8, 4) is 11.8 Å². The van der Waals surface area contributed by atoms with Gasteiger partial charge < -0.3 is 4.74 Å². The van der Waals surface area contributed by atoms with Crippen LogP contribution in [0.4, 0.5) is 0 Å². The Labute approximate surface area is 141 Å². The Morgan fingerprint density at radius 2 is 1.92 bits per heavy atom. The normalized spacial score (nSPS) is 10.4. The molecule has 0 saturated heterocycles. The van der Waals surface area contributed by atoms with Crippen LogP contribution in [-0.2, 0) is 4.79 Å². The molecule has 0 aliphatic carbocycles. The Balaban J connectivity index is 1.93. The number of ether oxygens (including phenoxy) is 1. The average molecular weight is 321 g/mol. The van der Waals surface area contributed by atoms with E-state index in [2.05, 4.69) is 22.7 Å². The molecule has 1 N–H and O–H groups in total. The van der Waals surface area contributed by atoms with Gasteiger partial charge in [-0.3, -0.25) is 4.79 Å². The van der Waals surface area contributed by atoms with Crippen LogP contribution in [0.1, 0.15) is 27.8 Å². The lowest BCUT2D eigenvalue weighted by Gasteiger charge is -2.07. The summed E-state index contributed by atoms with van der Waals surface area (Å²) in [6, 6.07) is 12.9. The van der Waals surface area contributed by atoms with Gasteiger partial charge in [0, 0.05) is 5.56 Å². The van der Waals surface area contributed by atoms with E-state index in [9.17, 15) is 4.79 Å². The van der Waals surface area contributed by atoms with Crippen molar-refractivity contribution in [3.05, 3.63) is 64.2 Å². The van der Waals surface area contributed by atoms with E-state index in [1.165, 1.54) is 5.56 Å². The zero-order valence-electron chi connectivity index (χ0n) is 14.0. The number of nitrogens with zero attached hydrogens (tertiary/aromatic N) is 2. The Morgan fingerprint density at radius 1 is 1.25 bits per heavy atom. The molecule has 0 unspecified atom stereocenters. The molecule has 5 heteroatoms. The molecule has 0 aliphatic heterocycles. The van der Waals surface area contributed by atoms with Gasteiger partial charge in [0.25, 0.3) is 5.91 Å². The molecule has 0 fully saturated rings.